The Bertz CT molecular complexity index is 1740. The highest BCUT2D eigenvalue weighted by atomic mass is 79.9. The molecule has 2 aromatic carbocycles. The van der Waals surface area contributed by atoms with Gasteiger partial charge in [-0.3, -0.25) is 9.36 Å². The largest absolute Gasteiger partial charge is 0.250 e. The monoisotopic (exact) mass is 574 g/mol. The summed E-state index contributed by atoms with van der Waals surface area (Å²) in [5.41, 5.74) is 8.44. The van der Waals surface area contributed by atoms with Crippen molar-refractivity contribution in [3.63, 3.8) is 0 Å². The lowest BCUT2D eigenvalue weighted by Gasteiger charge is -2.14. The molecular formula is C26H20Br2N6. The standard InChI is InChI=1S/C26H20Br2N6/c1-13-19-21(15-5-9-17(27)10-6-15)22-20-14(2)32-34(4)26(20)29-23(16-7-11-18(28)12-8-16)24(22)30-25(19)33(3)31-13/h5-12H,1-4H3. The van der Waals surface area contributed by atoms with E-state index in [2.05, 4.69) is 68.3 Å². The number of hydrogen-bond donors (Lipinski definition) is 0. The molecule has 0 amide bonds. The highest BCUT2D eigenvalue weighted by Gasteiger charge is 2.24. The Kier molecular flexibility index (Phi) is 4.86. The van der Waals surface area contributed by atoms with Gasteiger partial charge in [-0.05, 0) is 43.7 Å². The highest BCUT2D eigenvalue weighted by Crippen LogP contribution is 2.43. The van der Waals surface area contributed by atoms with Crippen LogP contribution >= 0.6 is 31.9 Å². The van der Waals surface area contributed by atoms with Gasteiger partial charge < -0.3 is 0 Å². The van der Waals surface area contributed by atoms with E-state index in [1.165, 1.54) is 0 Å². The van der Waals surface area contributed by atoms with Crippen LogP contribution in [0.2, 0.25) is 0 Å². The predicted octanol–water partition coefficient (Wildman–Crippen LogP) is 6.88. The summed E-state index contributed by atoms with van der Waals surface area (Å²) in [5, 5.41) is 12.6. The quantitative estimate of drug-likeness (QED) is 0.226. The molecule has 0 unspecified atom stereocenters. The van der Waals surface area contributed by atoms with Crippen LogP contribution in [-0.2, 0) is 14.1 Å². The van der Waals surface area contributed by atoms with Gasteiger partial charge in [-0.15, -0.1) is 0 Å². The number of rotatable bonds is 2. The molecule has 34 heavy (non-hydrogen) atoms. The lowest BCUT2D eigenvalue weighted by Crippen LogP contribution is -1.99. The molecule has 8 heteroatoms. The van der Waals surface area contributed by atoms with Crippen molar-refractivity contribution in [1.82, 2.24) is 29.5 Å². The molecule has 4 aromatic heterocycles. The smallest absolute Gasteiger partial charge is 0.159 e. The maximum Gasteiger partial charge on any atom is 0.159 e. The summed E-state index contributed by atoms with van der Waals surface area (Å²) >= 11 is 7.13. The molecule has 4 heterocycles. The lowest BCUT2D eigenvalue weighted by atomic mass is 9.93. The fraction of sp³-hybridized carbons (Fsp3) is 0.154. The normalized spacial score (nSPS) is 11.8. The summed E-state index contributed by atoms with van der Waals surface area (Å²) in [7, 11) is 3.89. The summed E-state index contributed by atoms with van der Waals surface area (Å²) < 4.78 is 5.77. The van der Waals surface area contributed by atoms with Gasteiger partial charge in [0.15, 0.2) is 11.3 Å². The van der Waals surface area contributed by atoms with Gasteiger partial charge in [-0.25, -0.2) is 9.97 Å². The molecule has 0 fully saturated rings. The summed E-state index contributed by atoms with van der Waals surface area (Å²) in [4.78, 5) is 10.3. The van der Waals surface area contributed by atoms with Crippen molar-refractivity contribution in [2.75, 3.05) is 0 Å². The van der Waals surface area contributed by atoms with Crippen molar-refractivity contribution in [3.8, 4) is 22.4 Å². The Morgan fingerprint density at radius 2 is 1.12 bits per heavy atom. The van der Waals surface area contributed by atoms with Crippen LogP contribution < -0.4 is 0 Å². The Morgan fingerprint density at radius 3 is 1.71 bits per heavy atom. The summed E-state index contributed by atoms with van der Waals surface area (Å²) in [6, 6.07) is 16.6. The van der Waals surface area contributed by atoms with E-state index in [0.29, 0.717) is 0 Å². The van der Waals surface area contributed by atoms with Crippen LogP contribution in [-0.4, -0.2) is 29.5 Å². The van der Waals surface area contributed by atoms with Gasteiger partial charge in [0.05, 0.1) is 27.9 Å². The van der Waals surface area contributed by atoms with Gasteiger partial charge in [-0.1, -0.05) is 56.1 Å². The van der Waals surface area contributed by atoms with Gasteiger partial charge >= 0.3 is 0 Å². The fourth-order valence-electron chi connectivity index (χ4n) is 4.83. The van der Waals surface area contributed by atoms with Crippen molar-refractivity contribution in [1.29, 1.82) is 0 Å². The zero-order valence-corrected chi connectivity index (χ0v) is 22.2. The van der Waals surface area contributed by atoms with Crippen LogP contribution in [0, 0.1) is 13.8 Å². The van der Waals surface area contributed by atoms with Crippen molar-refractivity contribution >= 4 is 64.8 Å². The number of halogens is 2. The van der Waals surface area contributed by atoms with E-state index in [-0.39, 0.29) is 0 Å². The van der Waals surface area contributed by atoms with E-state index in [9.17, 15) is 0 Å². The predicted molar refractivity (Wildman–Crippen MR) is 144 cm³/mol. The molecule has 0 aliphatic carbocycles. The minimum absolute atomic E-state index is 0.831. The molecule has 0 N–H and O–H groups in total. The SMILES string of the molecule is Cc1nn(C)c2nc3c(-c4ccc(Br)cc4)nc4c(c(C)nn4C)c3c(-c3ccc(Br)cc3)c12. The molecule has 0 spiro atoms. The molecule has 0 aliphatic rings. The minimum atomic E-state index is 0.831. The van der Waals surface area contributed by atoms with E-state index in [0.717, 1.165) is 75.7 Å². The number of hydrogen-bond acceptors (Lipinski definition) is 4. The van der Waals surface area contributed by atoms with Crippen molar-refractivity contribution in [2.24, 2.45) is 14.1 Å². The number of pyridine rings is 2. The van der Waals surface area contributed by atoms with Crippen molar-refractivity contribution < 1.29 is 0 Å². The molecular weight excluding hydrogens is 556 g/mol. The van der Waals surface area contributed by atoms with Crippen LogP contribution in [0.4, 0.5) is 0 Å². The molecule has 0 bridgehead atoms. The first-order chi connectivity index (χ1) is 16.3. The Morgan fingerprint density at radius 1 is 0.618 bits per heavy atom. The third-order valence-electron chi connectivity index (χ3n) is 6.28. The van der Waals surface area contributed by atoms with Gasteiger partial charge in [0.1, 0.15) is 5.52 Å². The van der Waals surface area contributed by atoms with E-state index < -0.39 is 0 Å². The van der Waals surface area contributed by atoms with Crippen molar-refractivity contribution in [3.05, 3.63) is 68.9 Å². The topological polar surface area (TPSA) is 61.4 Å². The van der Waals surface area contributed by atoms with Crippen LogP contribution in [0.15, 0.2) is 57.5 Å². The van der Waals surface area contributed by atoms with Gasteiger partial charge in [0, 0.05) is 39.6 Å². The highest BCUT2D eigenvalue weighted by molar-refractivity contribution is 9.10. The molecule has 0 saturated carbocycles. The summed E-state index contributed by atoms with van der Waals surface area (Å²) in [6.07, 6.45) is 0. The third kappa shape index (κ3) is 3.12. The molecule has 168 valence electrons. The van der Waals surface area contributed by atoms with Crippen LogP contribution in [0.25, 0.3) is 55.4 Å². The second kappa shape index (κ2) is 7.71. The number of benzene rings is 2. The first-order valence-electron chi connectivity index (χ1n) is 10.9. The molecule has 0 radical (unpaired) electrons. The van der Waals surface area contributed by atoms with Crippen LogP contribution in [0.1, 0.15) is 11.4 Å². The molecule has 6 nitrogen and oxygen atoms in total. The van der Waals surface area contributed by atoms with Gasteiger partial charge in [0.2, 0.25) is 0 Å². The Balaban J connectivity index is 1.92. The number of fused-ring (bicyclic) bond motifs is 4. The number of nitrogens with zero attached hydrogens (tertiary/aromatic N) is 6. The van der Waals surface area contributed by atoms with E-state index in [1.807, 2.05) is 49.4 Å². The average Bonchev–Trinajstić information content (AvgIpc) is 3.27. The second-order valence-corrected chi connectivity index (χ2v) is 10.3. The first kappa shape index (κ1) is 21.4. The molecule has 6 aromatic rings. The van der Waals surface area contributed by atoms with E-state index >= 15 is 0 Å². The van der Waals surface area contributed by atoms with Gasteiger partial charge in [-0.2, -0.15) is 10.2 Å². The zero-order valence-electron chi connectivity index (χ0n) is 19.1. The van der Waals surface area contributed by atoms with Gasteiger partial charge in [0.25, 0.3) is 0 Å². The molecule has 0 saturated heterocycles. The number of aromatic nitrogens is 6. The Hall–Kier alpha value is -3.10. The van der Waals surface area contributed by atoms with Crippen LogP contribution in [0.3, 0.4) is 0 Å². The van der Waals surface area contributed by atoms with Crippen molar-refractivity contribution in [2.45, 2.75) is 13.8 Å². The average molecular weight is 576 g/mol. The summed E-state index contributed by atoms with van der Waals surface area (Å²) in [6.45, 7) is 4.08. The Labute approximate surface area is 212 Å². The van der Waals surface area contributed by atoms with E-state index in [1.54, 1.807) is 0 Å². The lowest BCUT2D eigenvalue weighted by molar-refractivity contribution is 0.773. The molecule has 0 aliphatic heterocycles. The van der Waals surface area contributed by atoms with E-state index in [4.69, 9.17) is 20.2 Å². The fourth-order valence-corrected chi connectivity index (χ4v) is 5.36. The first-order valence-corrected chi connectivity index (χ1v) is 12.4. The molecule has 0 atom stereocenters. The maximum atomic E-state index is 5.18. The zero-order chi connectivity index (χ0) is 23.7. The molecule has 6 rings (SSSR count). The maximum absolute atomic E-state index is 5.18. The van der Waals surface area contributed by atoms with Crippen LogP contribution in [0.5, 0.6) is 0 Å². The minimum Gasteiger partial charge on any atom is -0.250 e. The third-order valence-corrected chi connectivity index (χ3v) is 7.34. The number of aryl methyl sites for hydroxylation is 4. The summed E-state index contributed by atoms with van der Waals surface area (Å²) in [5.74, 6) is 0. The second-order valence-electron chi connectivity index (χ2n) is 8.50.